The van der Waals surface area contributed by atoms with Gasteiger partial charge in [-0.1, -0.05) is 43.3 Å². The molecular formula is C22H22N6O2. The zero-order valence-corrected chi connectivity index (χ0v) is 16.8. The van der Waals surface area contributed by atoms with Crippen molar-refractivity contribution in [2.45, 2.75) is 6.92 Å². The Labute approximate surface area is 173 Å². The average Bonchev–Trinajstić information content (AvgIpc) is 3.23. The number of nitrogens with one attached hydrogen (secondary N) is 3. The Morgan fingerprint density at radius 3 is 2.70 bits per heavy atom. The van der Waals surface area contributed by atoms with Crippen molar-refractivity contribution >= 4 is 28.3 Å². The number of likely N-dealkylation sites (N-methyl/N-ethyl adjacent to an activating group) is 1. The number of carbonyl (C=O) groups excluding carboxylic acids is 1. The maximum absolute atomic E-state index is 12.6. The fourth-order valence-electron chi connectivity index (χ4n) is 3.22. The molecule has 152 valence electrons. The number of aromatic nitrogens is 4. The third-order valence-electron chi connectivity index (χ3n) is 4.72. The standard InChI is InChI=1S/C22H22N6O2/c1-3-23-12-17(29)20-19-21(24-13-25-22(19)28-27-20)26-16-11-15(9-10-18(16)30-2)14-7-5-4-6-8-14/h4-11,13,23H,3,12H2,1-2H3,(H2,24,25,26,27,28). The van der Waals surface area contributed by atoms with E-state index in [0.29, 0.717) is 34.8 Å². The monoisotopic (exact) mass is 402 g/mol. The van der Waals surface area contributed by atoms with E-state index in [0.717, 1.165) is 16.8 Å². The van der Waals surface area contributed by atoms with Crippen molar-refractivity contribution in [1.82, 2.24) is 25.5 Å². The van der Waals surface area contributed by atoms with Gasteiger partial charge in [-0.15, -0.1) is 0 Å². The molecule has 2 heterocycles. The van der Waals surface area contributed by atoms with Gasteiger partial charge in [0, 0.05) is 0 Å². The van der Waals surface area contributed by atoms with Crippen LogP contribution in [0.5, 0.6) is 5.75 Å². The molecule has 0 amide bonds. The first-order chi connectivity index (χ1) is 14.7. The van der Waals surface area contributed by atoms with Gasteiger partial charge in [-0.05, 0) is 29.8 Å². The van der Waals surface area contributed by atoms with Gasteiger partial charge in [0.05, 0.1) is 24.7 Å². The second-order valence-corrected chi connectivity index (χ2v) is 6.63. The summed E-state index contributed by atoms with van der Waals surface area (Å²) in [6.45, 7) is 2.83. The van der Waals surface area contributed by atoms with Crippen molar-refractivity contribution in [2.24, 2.45) is 0 Å². The van der Waals surface area contributed by atoms with Gasteiger partial charge in [-0.25, -0.2) is 9.97 Å². The molecule has 4 rings (SSSR count). The summed E-state index contributed by atoms with van der Waals surface area (Å²) >= 11 is 0. The summed E-state index contributed by atoms with van der Waals surface area (Å²) in [5.41, 5.74) is 3.63. The van der Waals surface area contributed by atoms with Crippen LogP contribution in [0.25, 0.3) is 22.2 Å². The summed E-state index contributed by atoms with van der Waals surface area (Å²) in [7, 11) is 1.61. The number of ketones is 1. The molecular weight excluding hydrogens is 380 g/mol. The molecule has 0 spiro atoms. The van der Waals surface area contributed by atoms with Crippen LogP contribution in [0.2, 0.25) is 0 Å². The van der Waals surface area contributed by atoms with Gasteiger partial charge >= 0.3 is 0 Å². The predicted octanol–water partition coefficient (Wildman–Crippen LogP) is 3.56. The van der Waals surface area contributed by atoms with Gasteiger partial charge in [0.15, 0.2) is 11.4 Å². The second-order valence-electron chi connectivity index (χ2n) is 6.63. The molecule has 8 heteroatoms. The highest BCUT2D eigenvalue weighted by atomic mass is 16.5. The van der Waals surface area contributed by atoms with E-state index in [-0.39, 0.29) is 12.3 Å². The molecule has 0 radical (unpaired) electrons. The van der Waals surface area contributed by atoms with E-state index in [1.807, 2.05) is 55.5 Å². The summed E-state index contributed by atoms with van der Waals surface area (Å²) in [6.07, 6.45) is 1.43. The van der Waals surface area contributed by atoms with E-state index in [9.17, 15) is 4.79 Å². The molecule has 30 heavy (non-hydrogen) atoms. The normalized spacial score (nSPS) is 10.9. The first kappa shape index (κ1) is 19.5. The van der Waals surface area contributed by atoms with Crippen molar-refractivity contribution < 1.29 is 9.53 Å². The van der Waals surface area contributed by atoms with Crippen LogP contribution >= 0.6 is 0 Å². The van der Waals surface area contributed by atoms with Gasteiger partial charge in [0.1, 0.15) is 23.6 Å². The Morgan fingerprint density at radius 2 is 1.93 bits per heavy atom. The lowest BCUT2D eigenvalue weighted by Crippen LogP contribution is -2.23. The number of nitrogens with zero attached hydrogens (tertiary/aromatic N) is 3. The van der Waals surface area contributed by atoms with Crippen molar-refractivity contribution in [3.8, 4) is 16.9 Å². The van der Waals surface area contributed by atoms with E-state index < -0.39 is 0 Å². The molecule has 0 aliphatic carbocycles. The first-order valence-electron chi connectivity index (χ1n) is 9.64. The number of benzene rings is 2. The summed E-state index contributed by atoms with van der Waals surface area (Å²) in [6, 6.07) is 15.9. The van der Waals surface area contributed by atoms with E-state index in [1.54, 1.807) is 7.11 Å². The number of H-pyrrole nitrogens is 1. The van der Waals surface area contributed by atoms with E-state index in [1.165, 1.54) is 6.33 Å². The molecule has 8 nitrogen and oxygen atoms in total. The number of aromatic amines is 1. The highest BCUT2D eigenvalue weighted by Gasteiger charge is 2.19. The molecule has 0 atom stereocenters. The second kappa shape index (κ2) is 8.71. The molecule has 0 aliphatic rings. The quantitative estimate of drug-likeness (QED) is 0.387. The molecule has 0 fully saturated rings. The number of Topliss-reactive ketones (excluding diaryl/α,β-unsaturated/α-hetero) is 1. The molecule has 2 aromatic heterocycles. The third kappa shape index (κ3) is 3.85. The van der Waals surface area contributed by atoms with E-state index >= 15 is 0 Å². The van der Waals surface area contributed by atoms with Gasteiger partial charge in [0.2, 0.25) is 0 Å². The molecule has 0 saturated carbocycles. The van der Waals surface area contributed by atoms with Gasteiger partial charge in [-0.2, -0.15) is 5.10 Å². The number of rotatable bonds is 8. The van der Waals surface area contributed by atoms with Crippen LogP contribution in [-0.2, 0) is 0 Å². The number of fused-ring (bicyclic) bond motifs is 1. The molecule has 0 bridgehead atoms. The fourth-order valence-corrected chi connectivity index (χ4v) is 3.22. The van der Waals surface area contributed by atoms with Gasteiger partial charge in [-0.3, -0.25) is 9.89 Å². The SMILES string of the molecule is CCNCC(=O)c1n[nH]c2ncnc(Nc3cc(-c4ccccc4)ccc3OC)c12. The van der Waals surface area contributed by atoms with Crippen LogP contribution in [0.3, 0.4) is 0 Å². The maximum atomic E-state index is 12.6. The minimum atomic E-state index is -0.133. The molecule has 3 N–H and O–H groups in total. The fraction of sp³-hybridized carbons (Fsp3) is 0.182. The molecule has 2 aromatic carbocycles. The lowest BCUT2D eigenvalue weighted by Gasteiger charge is -2.13. The number of anilines is 2. The van der Waals surface area contributed by atoms with Crippen LogP contribution in [0.1, 0.15) is 17.4 Å². The first-order valence-corrected chi connectivity index (χ1v) is 9.64. The van der Waals surface area contributed by atoms with Crippen LogP contribution in [-0.4, -0.2) is 46.1 Å². The van der Waals surface area contributed by atoms with Gasteiger partial charge in [0.25, 0.3) is 0 Å². The Kier molecular flexibility index (Phi) is 5.67. The van der Waals surface area contributed by atoms with Crippen LogP contribution in [0, 0.1) is 0 Å². The minimum Gasteiger partial charge on any atom is -0.495 e. The lowest BCUT2D eigenvalue weighted by atomic mass is 10.0. The third-order valence-corrected chi connectivity index (χ3v) is 4.72. The zero-order valence-electron chi connectivity index (χ0n) is 16.8. The smallest absolute Gasteiger partial charge is 0.197 e. The molecule has 4 aromatic rings. The minimum absolute atomic E-state index is 0.133. The average molecular weight is 402 g/mol. The molecule has 0 saturated heterocycles. The highest BCUT2D eigenvalue weighted by molar-refractivity contribution is 6.10. The number of methoxy groups -OCH3 is 1. The number of carbonyl (C=O) groups is 1. The largest absolute Gasteiger partial charge is 0.495 e. The predicted molar refractivity (Wildman–Crippen MR) is 116 cm³/mol. The summed E-state index contributed by atoms with van der Waals surface area (Å²) < 4.78 is 5.53. The highest BCUT2D eigenvalue weighted by Crippen LogP contribution is 2.34. The summed E-state index contributed by atoms with van der Waals surface area (Å²) in [5, 5.41) is 13.9. The van der Waals surface area contributed by atoms with Crippen LogP contribution in [0.15, 0.2) is 54.9 Å². The maximum Gasteiger partial charge on any atom is 0.197 e. The number of hydrogen-bond donors (Lipinski definition) is 3. The number of hydrogen-bond acceptors (Lipinski definition) is 7. The van der Waals surface area contributed by atoms with E-state index in [2.05, 4.69) is 30.8 Å². The Morgan fingerprint density at radius 1 is 1.10 bits per heavy atom. The molecule has 0 unspecified atom stereocenters. The Bertz CT molecular complexity index is 1170. The number of ether oxygens (including phenoxy) is 1. The lowest BCUT2D eigenvalue weighted by molar-refractivity contribution is 0.0988. The van der Waals surface area contributed by atoms with Crippen molar-refractivity contribution in [3.05, 3.63) is 60.6 Å². The van der Waals surface area contributed by atoms with Crippen molar-refractivity contribution in [3.63, 3.8) is 0 Å². The zero-order chi connectivity index (χ0) is 20.9. The van der Waals surface area contributed by atoms with Crippen LogP contribution in [0.4, 0.5) is 11.5 Å². The Balaban J connectivity index is 1.75. The summed E-state index contributed by atoms with van der Waals surface area (Å²) in [5.74, 6) is 1.01. The Hall–Kier alpha value is -3.78. The molecule has 0 aliphatic heterocycles. The van der Waals surface area contributed by atoms with Crippen molar-refractivity contribution in [1.29, 1.82) is 0 Å². The van der Waals surface area contributed by atoms with Crippen molar-refractivity contribution in [2.75, 3.05) is 25.5 Å². The van der Waals surface area contributed by atoms with E-state index in [4.69, 9.17) is 4.74 Å². The summed E-state index contributed by atoms with van der Waals surface area (Å²) in [4.78, 5) is 21.2. The van der Waals surface area contributed by atoms with Gasteiger partial charge < -0.3 is 15.4 Å². The topological polar surface area (TPSA) is 105 Å². The van der Waals surface area contributed by atoms with Crippen LogP contribution < -0.4 is 15.4 Å².